The molecule has 18 heavy (non-hydrogen) atoms. The molecule has 4 N–H and O–H groups in total. The van der Waals surface area contributed by atoms with Gasteiger partial charge in [0.05, 0.1) is 5.92 Å². The summed E-state index contributed by atoms with van der Waals surface area (Å²) >= 11 is 0. The lowest BCUT2D eigenvalue weighted by atomic mass is 9.91. The molecule has 0 saturated heterocycles. The summed E-state index contributed by atoms with van der Waals surface area (Å²) in [7, 11) is 0. The minimum Gasteiger partial charge on any atom is -0.481 e. The Labute approximate surface area is 107 Å². The molecule has 0 radical (unpaired) electrons. The van der Waals surface area contributed by atoms with Gasteiger partial charge < -0.3 is 16.2 Å². The minimum atomic E-state index is -0.770. The first-order valence-corrected chi connectivity index (χ1v) is 6.85. The summed E-state index contributed by atoms with van der Waals surface area (Å²) in [5.41, 5.74) is 5.82. The second-order valence-corrected chi connectivity index (χ2v) is 5.67. The number of hydrogen-bond acceptors (Lipinski definition) is 3. The van der Waals surface area contributed by atoms with Gasteiger partial charge in [0.1, 0.15) is 0 Å². The van der Waals surface area contributed by atoms with E-state index in [0.29, 0.717) is 19.3 Å². The van der Waals surface area contributed by atoms with Crippen LogP contribution >= 0.6 is 0 Å². The highest BCUT2D eigenvalue weighted by Crippen LogP contribution is 2.31. The number of aliphatic carboxylic acids is 1. The van der Waals surface area contributed by atoms with Crippen LogP contribution in [0.5, 0.6) is 0 Å². The van der Waals surface area contributed by atoms with Crippen molar-refractivity contribution in [3.05, 3.63) is 0 Å². The molecule has 2 aliphatic carbocycles. The molecule has 0 aromatic heterocycles. The second-order valence-electron chi connectivity index (χ2n) is 5.67. The van der Waals surface area contributed by atoms with Gasteiger partial charge in [-0.25, -0.2) is 0 Å². The predicted octanol–water partition coefficient (Wildman–Crippen LogP) is 0.873. The van der Waals surface area contributed by atoms with Gasteiger partial charge in [0.25, 0.3) is 0 Å². The number of carboxylic acids is 1. The molecule has 0 aromatic rings. The van der Waals surface area contributed by atoms with Crippen molar-refractivity contribution in [3.8, 4) is 0 Å². The number of hydrogen-bond donors (Lipinski definition) is 3. The average molecular weight is 254 g/mol. The van der Waals surface area contributed by atoms with E-state index in [-0.39, 0.29) is 29.8 Å². The molecular weight excluding hydrogens is 232 g/mol. The molecule has 2 fully saturated rings. The highest BCUT2D eigenvalue weighted by atomic mass is 16.4. The molecule has 5 heteroatoms. The Morgan fingerprint density at radius 1 is 1.00 bits per heavy atom. The van der Waals surface area contributed by atoms with Crippen molar-refractivity contribution in [2.75, 3.05) is 0 Å². The van der Waals surface area contributed by atoms with Crippen LogP contribution in [0.1, 0.15) is 44.9 Å². The van der Waals surface area contributed by atoms with E-state index in [9.17, 15) is 9.59 Å². The first-order chi connectivity index (χ1) is 8.56. The lowest BCUT2D eigenvalue weighted by Gasteiger charge is -2.27. The van der Waals surface area contributed by atoms with E-state index in [4.69, 9.17) is 10.8 Å². The van der Waals surface area contributed by atoms with E-state index < -0.39 is 5.97 Å². The molecule has 0 spiro atoms. The van der Waals surface area contributed by atoms with Gasteiger partial charge >= 0.3 is 5.97 Å². The zero-order valence-electron chi connectivity index (χ0n) is 10.6. The smallest absolute Gasteiger partial charge is 0.306 e. The summed E-state index contributed by atoms with van der Waals surface area (Å²) < 4.78 is 0. The average Bonchev–Trinajstić information content (AvgIpc) is 2.81. The molecule has 0 aliphatic heterocycles. The molecule has 0 aromatic carbocycles. The molecule has 0 heterocycles. The third-order valence-corrected chi connectivity index (χ3v) is 4.27. The number of carbonyl (C=O) groups excluding carboxylic acids is 1. The fraction of sp³-hybridized carbons (Fsp3) is 0.846. The largest absolute Gasteiger partial charge is 0.481 e. The number of rotatable bonds is 3. The van der Waals surface area contributed by atoms with Crippen LogP contribution in [0.2, 0.25) is 0 Å². The summed E-state index contributed by atoms with van der Waals surface area (Å²) in [6.07, 6.45) is 5.65. The van der Waals surface area contributed by atoms with Crippen LogP contribution in [0, 0.1) is 11.8 Å². The van der Waals surface area contributed by atoms with Crippen LogP contribution in [0.25, 0.3) is 0 Å². The van der Waals surface area contributed by atoms with Gasteiger partial charge in [0.15, 0.2) is 0 Å². The van der Waals surface area contributed by atoms with Crippen molar-refractivity contribution in [2.45, 2.75) is 57.0 Å². The topological polar surface area (TPSA) is 92.4 Å². The molecule has 5 nitrogen and oxygen atoms in total. The van der Waals surface area contributed by atoms with Crippen LogP contribution in [0.15, 0.2) is 0 Å². The quantitative estimate of drug-likeness (QED) is 0.697. The highest BCUT2D eigenvalue weighted by Gasteiger charge is 2.34. The Hall–Kier alpha value is -1.10. The molecule has 2 unspecified atom stereocenters. The Morgan fingerprint density at radius 3 is 2.17 bits per heavy atom. The van der Waals surface area contributed by atoms with E-state index in [2.05, 4.69) is 5.32 Å². The standard InChI is InChI=1S/C13H22N2O3/c14-10-3-5-11(6-4-10)15-12(16)8-1-2-9(7-8)13(17)18/h8-11H,1-7,14H2,(H,15,16)(H,17,18). The first kappa shape index (κ1) is 13.3. The number of nitrogens with two attached hydrogens (primary N) is 1. The van der Waals surface area contributed by atoms with Crippen LogP contribution in [0.4, 0.5) is 0 Å². The van der Waals surface area contributed by atoms with Gasteiger partial charge in [0, 0.05) is 18.0 Å². The van der Waals surface area contributed by atoms with Crippen molar-refractivity contribution in [2.24, 2.45) is 17.6 Å². The predicted molar refractivity (Wildman–Crippen MR) is 66.8 cm³/mol. The van der Waals surface area contributed by atoms with E-state index in [1.54, 1.807) is 0 Å². The number of carboxylic acid groups (broad SMARTS) is 1. The molecule has 0 bridgehead atoms. The minimum absolute atomic E-state index is 0.0409. The lowest BCUT2D eigenvalue weighted by molar-refractivity contribution is -0.141. The summed E-state index contributed by atoms with van der Waals surface area (Å²) in [6.45, 7) is 0. The van der Waals surface area contributed by atoms with Gasteiger partial charge in [-0.3, -0.25) is 9.59 Å². The monoisotopic (exact) mass is 254 g/mol. The Balaban J connectivity index is 1.77. The summed E-state index contributed by atoms with van der Waals surface area (Å²) in [6, 6.07) is 0.516. The van der Waals surface area contributed by atoms with Crippen LogP contribution in [-0.4, -0.2) is 29.1 Å². The normalized spacial score (nSPS) is 36.3. The summed E-state index contributed by atoms with van der Waals surface area (Å²) in [4.78, 5) is 22.9. The van der Waals surface area contributed by atoms with Gasteiger partial charge in [-0.2, -0.15) is 0 Å². The van der Waals surface area contributed by atoms with Crippen molar-refractivity contribution in [3.63, 3.8) is 0 Å². The number of nitrogens with one attached hydrogen (secondary N) is 1. The van der Waals surface area contributed by atoms with E-state index >= 15 is 0 Å². The summed E-state index contributed by atoms with van der Waals surface area (Å²) in [5, 5.41) is 12.0. The Bertz CT molecular complexity index is 324. The van der Waals surface area contributed by atoms with Crippen LogP contribution in [-0.2, 0) is 9.59 Å². The zero-order chi connectivity index (χ0) is 13.1. The fourth-order valence-electron chi connectivity index (χ4n) is 3.03. The maximum Gasteiger partial charge on any atom is 0.306 e. The van der Waals surface area contributed by atoms with Crippen molar-refractivity contribution >= 4 is 11.9 Å². The SMILES string of the molecule is NC1CCC(NC(=O)C2CCC(C(=O)O)C2)CC1. The first-order valence-electron chi connectivity index (χ1n) is 6.85. The molecule has 2 atom stereocenters. The molecule has 1 amide bonds. The Morgan fingerprint density at radius 2 is 1.61 bits per heavy atom. The van der Waals surface area contributed by atoms with Gasteiger partial charge in [-0.15, -0.1) is 0 Å². The molecule has 2 rings (SSSR count). The second kappa shape index (κ2) is 5.69. The molecule has 102 valence electrons. The molecule has 2 aliphatic rings. The third-order valence-electron chi connectivity index (χ3n) is 4.27. The van der Waals surface area contributed by atoms with E-state index in [1.807, 2.05) is 0 Å². The van der Waals surface area contributed by atoms with E-state index in [0.717, 1.165) is 25.7 Å². The van der Waals surface area contributed by atoms with Crippen molar-refractivity contribution in [1.82, 2.24) is 5.32 Å². The third kappa shape index (κ3) is 3.22. The van der Waals surface area contributed by atoms with Crippen molar-refractivity contribution < 1.29 is 14.7 Å². The molecule has 2 saturated carbocycles. The van der Waals surface area contributed by atoms with Crippen LogP contribution in [0.3, 0.4) is 0 Å². The van der Waals surface area contributed by atoms with Gasteiger partial charge in [-0.1, -0.05) is 0 Å². The number of amides is 1. The highest BCUT2D eigenvalue weighted by molar-refractivity contribution is 5.81. The van der Waals surface area contributed by atoms with Gasteiger partial charge in [0.2, 0.25) is 5.91 Å². The zero-order valence-corrected chi connectivity index (χ0v) is 10.6. The summed E-state index contributed by atoms with van der Waals surface area (Å²) in [5.74, 6) is -1.17. The van der Waals surface area contributed by atoms with Gasteiger partial charge in [-0.05, 0) is 44.9 Å². The maximum absolute atomic E-state index is 12.0. The van der Waals surface area contributed by atoms with Crippen LogP contribution < -0.4 is 11.1 Å². The van der Waals surface area contributed by atoms with E-state index in [1.165, 1.54) is 0 Å². The fourth-order valence-corrected chi connectivity index (χ4v) is 3.03. The molecular formula is C13H22N2O3. The lowest BCUT2D eigenvalue weighted by Crippen LogP contribution is -2.42. The Kier molecular flexibility index (Phi) is 4.22. The number of carbonyl (C=O) groups is 2. The maximum atomic E-state index is 12.0. The van der Waals surface area contributed by atoms with Crippen molar-refractivity contribution in [1.29, 1.82) is 0 Å².